The van der Waals surface area contributed by atoms with E-state index in [1.165, 1.54) is 12.1 Å². The van der Waals surface area contributed by atoms with Crippen molar-refractivity contribution in [3.05, 3.63) is 83.9 Å². The number of fused-ring (bicyclic) bond motifs is 1. The lowest BCUT2D eigenvalue weighted by Crippen LogP contribution is -2.34. The molecule has 0 bridgehead atoms. The number of aromatic nitrogens is 3. The van der Waals surface area contributed by atoms with Crippen molar-refractivity contribution in [3.8, 4) is 11.4 Å². The smallest absolute Gasteiger partial charge is 0.406 e. The van der Waals surface area contributed by atoms with Gasteiger partial charge < -0.3 is 14.7 Å². The van der Waals surface area contributed by atoms with Gasteiger partial charge in [-0.25, -0.2) is 4.98 Å². The number of β-amino-alcohol motifs (C(OH)–C–C–N with tert-alkyl or cyclic N) is 1. The summed E-state index contributed by atoms with van der Waals surface area (Å²) in [5.41, 5.74) is 1.87. The van der Waals surface area contributed by atoms with Gasteiger partial charge in [0.05, 0.1) is 17.6 Å². The van der Waals surface area contributed by atoms with Crippen molar-refractivity contribution >= 4 is 16.9 Å². The van der Waals surface area contributed by atoms with Crippen LogP contribution in [-0.2, 0) is 11.0 Å². The molecule has 2 aromatic carbocycles. The quantitative estimate of drug-likeness (QED) is 0.394. The predicted octanol–water partition coefficient (Wildman–Crippen LogP) is 5.10. The first-order chi connectivity index (χ1) is 18.0. The zero-order valence-corrected chi connectivity index (χ0v) is 20.6. The summed E-state index contributed by atoms with van der Waals surface area (Å²) in [6, 6.07) is 14.5. The van der Waals surface area contributed by atoms with Gasteiger partial charge in [0.2, 0.25) is 0 Å². The predicted molar refractivity (Wildman–Crippen MR) is 133 cm³/mol. The average Bonchev–Trinajstić information content (AvgIpc) is 3.33. The van der Waals surface area contributed by atoms with Crippen LogP contribution >= 0.6 is 0 Å². The van der Waals surface area contributed by atoms with Gasteiger partial charge in [-0.05, 0) is 67.8 Å². The molecule has 1 saturated heterocycles. The summed E-state index contributed by atoms with van der Waals surface area (Å²) in [4.78, 5) is 24.0. The normalized spacial score (nSPS) is 20.6. The van der Waals surface area contributed by atoms with Crippen molar-refractivity contribution in [1.29, 1.82) is 0 Å². The Bertz CT molecular complexity index is 1510. The lowest BCUT2D eigenvalue weighted by Gasteiger charge is -2.23. The van der Waals surface area contributed by atoms with Crippen LogP contribution in [0.4, 0.5) is 13.2 Å². The Kier molecular flexibility index (Phi) is 5.50. The number of imidazole rings is 1. The number of halogens is 3. The number of rotatable bonds is 5. The van der Waals surface area contributed by atoms with Crippen LogP contribution in [0, 0.1) is 0 Å². The largest absolute Gasteiger partial charge is 0.573 e. The summed E-state index contributed by atoms with van der Waals surface area (Å²) in [5, 5.41) is 11.1. The molecule has 1 saturated carbocycles. The maximum Gasteiger partial charge on any atom is 0.573 e. The molecule has 1 unspecified atom stereocenters. The number of likely N-dealkylation sites (tertiary alicyclic amines) is 1. The molecular weight excluding hydrogens is 497 g/mol. The summed E-state index contributed by atoms with van der Waals surface area (Å²) < 4.78 is 43.8. The standard InChI is InChI=1S/C28H25F3N4O3/c1-26(10-11-26)25-33-22-15-18(24(36)34-14-12-27(37,17-34)19-3-2-13-32-16-19)4-9-23(22)35(25)20-5-7-21(8-6-20)38-28(29,30)31/h2-9,13,15-16,37H,10-12,14,17H2,1H3. The lowest BCUT2D eigenvalue weighted by atomic mass is 9.95. The van der Waals surface area contributed by atoms with Crippen molar-refractivity contribution in [3.63, 3.8) is 0 Å². The highest BCUT2D eigenvalue weighted by molar-refractivity contribution is 5.98. The Morgan fingerprint density at radius 1 is 1.08 bits per heavy atom. The van der Waals surface area contributed by atoms with E-state index < -0.39 is 12.0 Å². The molecule has 1 aliphatic carbocycles. The zero-order chi connectivity index (χ0) is 26.7. The third-order valence-corrected chi connectivity index (χ3v) is 7.50. The maximum absolute atomic E-state index is 13.4. The molecule has 2 fully saturated rings. The van der Waals surface area contributed by atoms with Crippen LogP contribution < -0.4 is 4.74 Å². The second-order valence-electron chi connectivity index (χ2n) is 10.3. The molecule has 4 aromatic rings. The van der Waals surface area contributed by atoms with Crippen LogP contribution in [-0.4, -0.2) is 49.9 Å². The first-order valence-corrected chi connectivity index (χ1v) is 12.4. The molecule has 1 atom stereocenters. The molecule has 2 aliphatic rings. The number of amides is 1. The van der Waals surface area contributed by atoms with Crippen LogP contribution in [0.15, 0.2) is 67.0 Å². The van der Waals surface area contributed by atoms with E-state index in [2.05, 4.69) is 16.6 Å². The zero-order valence-electron chi connectivity index (χ0n) is 20.6. The second kappa shape index (κ2) is 8.56. The van der Waals surface area contributed by atoms with Crippen LogP contribution in [0.2, 0.25) is 0 Å². The van der Waals surface area contributed by atoms with Gasteiger partial charge in [-0.15, -0.1) is 13.2 Å². The molecule has 196 valence electrons. The summed E-state index contributed by atoms with van der Waals surface area (Å²) >= 11 is 0. The highest BCUT2D eigenvalue weighted by Crippen LogP contribution is 2.48. The van der Waals surface area contributed by atoms with Crippen LogP contribution in [0.3, 0.4) is 0 Å². The Morgan fingerprint density at radius 3 is 2.50 bits per heavy atom. The Labute approximate surface area is 216 Å². The third-order valence-electron chi connectivity index (χ3n) is 7.50. The second-order valence-corrected chi connectivity index (χ2v) is 10.3. The molecule has 6 rings (SSSR count). The summed E-state index contributed by atoms with van der Waals surface area (Å²) in [5.74, 6) is 0.303. The average molecular weight is 523 g/mol. The minimum Gasteiger partial charge on any atom is -0.406 e. The minimum atomic E-state index is -4.76. The van der Waals surface area contributed by atoms with E-state index in [1.807, 2.05) is 10.6 Å². The van der Waals surface area contributed by atoms with E-state index in [1.54, 1.807) is 53.7 Å². The number of pyridine rings is 1. The van der Waals surface area contributed by atoms with Gasteiger partial charge in [0.25, 0.3) is 5.91 Å². The fourth-order valence-electron chi connectivity index (χ4n) is 5.11. The fourth-order valence-corrected chi connectivity index (χ4v) is 5.11. The van der Waals surface area contributed by atoms with Crippen molar-refractivity contribution in [2.75, 3.05) is 13.1 Å². The number of carbonyl (C=O) groups excluding carboxylic acids is 1. The Morgan fingerprint density at radius 2 is 1.84 bits per heavy atom. The van der Waals surface area contributed by atoms with E-state index in [4.69, 9.17) is 4.98 Å². The molecule has 7 nitrogen and oxygen atoms in total. The topological polar surface area (TPSA) is 80.5 Å². The number of nitrogens with zero attached hydrogens (tertiary/aromatic N) is 4. The number of alkyl halides is 3. The summed E-state index contributed by atoms with van der Waals surface area (Å²) in [6.45, 7) is 2.67. The lowest BCUT2D eigenvalue weighted by molar-refractivity contribution is -0.274. The first kappa shape index (κ1) is 24.4. The van der Waals surface area contributed by atoms with Gasteiger partial charge in [0.1, 0.15) is 17.2 Å². The van der Waals surface area contributed by atoms with Crippen molar-refractivity contribution in [1.82, 2.24) is 19.4 Å². The number of benzene rings is 2. The summed E-state index contributed by atoms with van der Waals surface area (Å²) in [7, 11) is 0. The molecular formula is C28H25F3N4O3. The highest BCUT2D eigenvalue weighted by Gasteiger charge is 2.44. The van der Waals surface area contributed by atoms with E-state index in [-0.39, 0.29) is 23.6 Å². The van der Waals surface area contributed by atoms with Gasteiger partial charge in [0, 0.05) is 41.2 Å². The van der Waals surface area contributed by atoms with Gasteiger partial charge in [-0.1, -0.05) is 13.0 Å². The van der Waals surface area contributed by atoms with Crippen molar-refractivity contribution in [2.24, 2.45) is 0 Å². The number of carbonyl (C=O) groups is 1. The van der Waals surface area contributed by atoms with E-state index >= 15 is 0 Å². The summed E-state index contributed by atoms with van der Waals surface area (Å²) in [6.07, 6.45) is 0.796. The van der Waals surface area contributed by atoms with Crippen LogP contribution in [0.5, 0.6) is 5.75 Å². The van der Waals surface area contributed by atoms with Crippen LogP contribution in [0.25, 0.3) is 16.7 Å². The van der Waals surface area contributed by atoms with Crippen molar-refractivity contribution < 1.29 is 27.8 Å². The number of hydrogen-bond donors (Lipinski definition) is 1. The highest BCUT2D eigenvalue weighted by atomic mass is 19.4. The van der Waals surface area contributed by atoms with Gasteiger partial charge in [0.15, 0.2) is 0 Å². The monoisotopic (exact) mass is 522 g/mol. The van der Waals surface area contributed by atoms with Gasteiger partial charge >= 0.3 is 6.36 Å². The fraction of sp³-hybridized carbons (Fsp3) is 0.321. The number of ether oxygens (including phenoxy) is 1. The molecule has 0 spiro atoms. The number of aliphatic hydroxyl groups is 1. The molecule has 1 N–H and O–H groups in total. The third kappa shape index (κ3) is 4.38. The SMILES string of the molecule is CC1(c2nc3cc(C(=O)N4CCC(O)(c5cccnc5)C4)ccc3n2-c2ccc(OC(F)(F)F)cc2)CC1. The molecule has 1 amide bonds. The molecule has 2 aromatic heterocycles. The van der Waals surface area contributed by atoms with Gasteiger partial charge in [-0.3, -0.25) is 14.3 Å². The molecule has 3 heterocycles. The van der Waals surface area contributed by atoms with Gasteiger partial charge in [-0.2, -0.15) is 0 Å². The van der Waals surface area contributed by atoms with Crippen LogP contribution in [0.1, 0.15) is 47.9 Å². The van der Waals surface area contributed by atoms with E-state index in [0.29, 0.717) is 35.3 Å². The molecule has 10 heteroatoms. The van der Waals surface area contributed by atoms with Crippen molar-refractivity contribution in [2.45, 2.75) is 43.6 Å². The van der Waals surface area contributed by atoms with E-state index in [9.17, 15) is 23.1 Å². The first-order valence-electron chi connectivity index (χ1n) is 12.4. The Hall–Kier alpha value is -3.92. The Balaban J connectivity index is 1.32. The molecule has 38 heavy (non-hydrogen) atoms. The van der Waals surface area contributed by atoms with E-state index in [0.717, 1.165) is 24.2 Å². The maximum atomic E-state index is 13.4. The molecule has 0 radical (unpaired) electrons. The number of hydrogen-bond acceptors (Lipinski definition) is 5. The minimum absolute atomic E-state index is 0.153. The molecule has 1 aliphatic heterocycles.